The lowest BCUT2D eigenvalue weighted by Crippen LogP contribution is -2.27. The maximum Gasteiger partial charge on any atom is 0.271 e. The number of rotatable bonds is 12. The van der Waals surface area contributed by atoms with Crippen molar-refractivity contribution in [2.24, 2.45) is 0 Å². The normalized spacial score (nSPS) is 10.8. The van der Waals surface area contributed by atoms with Crippen molar-refractivity contribution in [3.63, 3.8) is 0 Å². The molecular weight excluding hydrogens is 467 g/mol. The number of aromatic nitrogens is 1. The quantitative estimate of drug-likeness (QED) is 0.318. The lowest BCUT2D eigenvalue weighted by molar-refractivity contribution is 0.103. The molecule has 33 heavy (non-hydrogen) atoms. The molecular formula is C24H28Cl2N2O5. The number of carbonyl (C=O) groups excluding carboxylic acids is 1. The zero-order valence-corrected chi connectivity index (χ0v) is 20.6. The molecule has 0 aliphatic carbocycles. The van der Waals surface area contributed by atoms with E-state index in [0.717, 1.165) is 30.3 Å². The number of methoxy groups -OCH3 is 1. The van der Waals surface area contributed by atoms with Crippen LogP contribution in [0.4, 0.5) is 0 Å². The molecule has 0 saturated carbocycles. The van der Waals surface area contributed by atoms with Crippen molar-refractivity contribution in [1.29, 1.82) is 5.26 Å². The number of carbonyl (C=O) groups is 1. The third kappa shape index (κ3) is 6.29. The largest absolute Gasteiger partial charge is 0.494 e. The molecule has 0 aliphatic rings. The highest BCUT2D eigenvalue weighted by molar-refractivity contribution is 6.38. The van der Waals surface area contributed by atoms with Crippen LogP contribution in [0.5, 0.6) is 11.6 Å². The predicted molar refractivity (Wildman–Crippen MR) is 128 cm³/mol. The van der Waals surface area contributed by atoms with Gasteiger partial charge in [0.25, 0.3) is 5.56 Å². The lowest BCUT2D eigenvalue weighted by atomic mass is 9.97. The average Bonchev–Trinajstić information content (AvgIpc) is 2.77. The van der Waals surface area contributed by atoms with Crippen LogP contribution in [0.2, 0.25) is 10.0 Å². The van der Waals surface area contributed by atoms with Crippen molar-refractivity contribution < 1.29 is 19.4 Å². The molecule has 0 atom stereocenters. The van der Waals surface area contributed by atoms with Gasteiger partial charge in [0.1, 0.15) is 11.6 Å². The summed E-state index contributed by atoms with van der Waals surface area (Å²) >= 11 is 12.7. The molecule has 0 bridgehead atoms. The van der Waals surface area contributed by atoms with Gasteiger partial charge in [0.2, 0.25) is 5.88 Å². The number of halogens is 2. The number of hydrogen-bond donors (Lipinski definition) is 1. The molecule has 7 nitrogen and oxygen atoms in total. The second-order valence-electron chi connectivity index (χ2n) is 7.62. The van der Waals surface area contributed by atoms with E-state index in [1.807, 2.05) is 6.07 Å². The number of benzene rings is 1. The fourth-order valence-electron chi connectivity index (χ4n) is 3.47. The highest BCUT2D eigenvalue weighted by atomic mass is 35.5. The van der Waals surface area contributed by atoms with Crippen LogP contribution in [0.1, 0.15) is 66.1 Å². The number of hydrogen-bond acceptors (Lipinski definition) is 6. The summed E-state index contributed by atoms with van der Waals surface area (Å²) in [6, 6.07) is 4.65. The van der Waals surface area contributed by atoms with E-state index >= 15 is 0 Å². The van der Waals surface area contributed by atoms with E-state index in [0.29, 0.717) is 19.6 Å². The van der Waals surface area contributed by atoms with Gasteiger partial charge in [-0.2, -0.15) is 5.26 Å². The molecule has 2 rings (SSSR count). The van der Waals surface area contributed by atoms with Crippen LogP contribution in [-0.4, -0.2) is 35.8 Å². The van der Waals surface area contributed by atoms with Crippen LogP contribution >= 0.6 is 23.2 Å². The topological polar surface area (TPSA) is 102 Å². The zero-order valence-electron chi connectivity index (χ0n) is 19.0. The van der Waals surface area contributed by atoms with Gasteiger partial charge in [0.15, 0.2) is 11.5 Å². The van der Waals surface area contributed by atoms with E-state index in [-0.39, 0.29) is 44.6 Å². The molecule has 0 saturated heterocycles. The Labute approximate surface area is 203 Å². The molecule has 0 spiro atoms. The predicted octanol–water partition coefficient (Wildman–Crippen LogP) is 5.27. The molecule has 1 aromatic heterocycles. The zero-order chi connectivity index (χ0) is 24.5. The van der Waals surface area contributed by atoms with E-state index in [2.05, 4.69) is 6.92 Å². The van der Waals surface area contributed by atoms with Crippen LogP contribution < -0.4 is 10.3 Å². The van der Waals surface area contributed by atoms with E-state index in [1.165, 1.54) is 26.2 Å². The summed E-state index contributed by atoms with van der Waals surface area (Å²) in [7, 11) is 1.51. The third-order valence-electron chi connectivity index (χ3n) is 5.26. The standard InChI is InChI=1S/C24H28Cl2N2O5/c1-4-5-6-7-11-33-22-18(25)12-16(13-19(22)26)21(29)20-15(2)17(14-27)23(30)28(24(20)31)9-8-10-32-3/h12-13,31H,4-11H2,1-3H3. The monoisotopic (exact) mass is 494 g/mol. The molecule has 9 heteroatoms. The van der Waals surface area contributed by atoms with Crippen molar-refractivity contribution in [2.75, 3.05) is 20.3 Å². The summed E-state index contributed by atoms with van der Waals surface area (Å²) in [6.45, 7) is 4.44. The number of nitrogens with zero attached hydrogens (tertiary/aromatic N) is 2. The number of unbranched alkanes of at least 4 members (excludes halogenated alkanes) is 3. The van der Waals surface area contributed by atoms with Crippen LogP contribution in [-0.2, 0) is 11.3 Å². The van der Waals surface area contributed by atoms with Gasteiger partial charge >= 0.3 is 0 Å². The molecule has 1 aromatic carbocycles. The third-order valence-corrected chi connectivity index (χ3v) is 5.82. The fraction of sp³-hybridized carbons (Fsp3) is 0.458. The molecule has 0 unspecified atom stereocenters. The summed E-state index contributed by atoms with van der Waals surface area (Å²) in [5.41, 5.74) is -0.825. The van der Waals surface area contributed by atoms with Crippen LogP contribution in [0.15, 0.2) is 16.9 Å². The summed E-state index contributed by atoms with van der Waals surface area (Å²) < 4.78 is 11.7. The lowest BCUT2D eigenvalue weighted by Gasteiger charge is -2.16. The summed E-state index contributed by atoms with van der Waals surface area (Å²) in [6.07, 6.45) is 4.52. The minimum atomic E-state index is -0.664. The first-order chi connectivity index (χ1) is 15.8. The molecule has 178 valence electrons. The Balaban J connectivity index is 2.43. The minimum Gasteiger partial charge on any atom is -0.494 e. The summed E-state index contributed by atoms with van der Waals surface area (Å²) in [5, 5.41) is 20.6. The van der Waals surface area contributed by atoms with E-state index in [1.54, 1.807) is 0 Å². The van der Waals surface area contributed by atoms with Gasteiger partial charge in [0, 0.05) is 25.8 Å². The Kier molecular flexibility index (Phi) is 10.2. The van der Waals surface area contributed by atoms with Crippen LogP contribution in [0, 0.1) is 18.3 Å². The Morgan fingerprint density at radius 3 is 2.39 bits per heavy atom. The fourth-order valence-corrected chi connectivity index (χ4v) is 4.07. The molecule has 0 fully saturated rings. The SMILES string of the molecule is CCCCCCOc1c(Cl)cc(C(=O)c2c(C)c(C#N)c(=O)n(CCCOC)c2O)cc1Cl. The Hall–Kier alpha value is -2.53. The number of ketones is 1. The van der Waals surface area contributed by atoms with Gasteiger partial charge in [-0.3, -0.25) is 14.2 Å². The first kappa shape index (κ1) is 26.7. The molecule has 0 aliphatic heterocycles. The van der Waals surface area contributed by atoms with Crippen molar-refractivity contribution in [3.05, 3.63) is 54.8 Å². The second-order valence-corrected chi connectivity index (χ2v) is 8.44. The maximum atomic E-state index is 13.3. The molecule has 1 heterocycles. The second kappa shape index (κ2) is 12.6. The van der Waals surface area contributed by atoms with E-state index < -0.39 is 17.2 Å². The van der Waals surface area contributed by atoms with E-state index in [9.17, 15) is 20.0 Å². The Morgan fingerprint density at radius 2 is 1.82 bits per heavy atom. The van der Waals surface area contributed by atoms with Gasteiger partial charge in [-0.05, 0) is 37.5 Å². The molecule has 1 N–H and O–H groups in total. The summed E-state index contributed by atoms with van der Waals surface area (Å²) in [5.74, 6) is -0.837. The average molecular weight is 495 g/mol. The molecule has 0 amide bonds. The number of pyridine rings is 1. The molecule has 0 radical (unpaired) electrons. The Bertz CT molecular complexity index is 1080. The van der Waals surface area contributed by atoms with E-state index in [4.69, 9.17) is 32.7 Å². The Morgan fingerprint density at radius 1 is 1.15 bits per heavy atom. The first-order valence-electron chi connectivity index (χ1n) is 10.8. The summed E-state index contributed by atoms with van der Waals surface area (Å²) in [4.78, 5) is 26.0. The first-order valence-corrected chi connectivity index (χ1v) is 11.6. The number of nitriles is 1. The highest BCUT2D eigenvalue weighted by Gasteiger charge is 2.26. The van der Waals surface area contributed by atoms with Gasteiger partial charge in [-0.15, -0.1) is 0 Å². The highest BCUT2D eigenvalue weighted by Crippen LogP contribution is 2.36. The number of aromatic hydroxyl groups is 1. The van der Waals surface area contributed by atoms with Gasteiger partial charge in [0.05, 0.1) is 22.2 Å². The van der Waals surface area contributed by atoms with Crippen molar-refractivity contribution in [1.82, 2.24) is 4.57 Å². The van der Waals surface area contributed by atoms with Gasteiger partial charge in [-0.1, -0.05) is 49.4 Å². The van der Waals surface area contributed by atoms with Gasteiger partial charge < -0.3 is 14.6 Å². The van der Waals surface area contributed by atoms with Crippen molar-refractivity contribution in [3.8, 4) is 17.7 Å². The smallest absolute Gasteiger partial charge is 0.271 e. The van der Waals surface area contributed by atoms with Gasteiger partial charge in [-0.25, -0.2) is 0 Å². The maximum absolute atomic E-state index is 13.3. The minimum absolute atomic E-state index is 0.0834. The molecule has 2 aromatic rings. The van der Waals surface area contributed by atoms with Crippen LogP contribution in [0.25, 0.3) is 0 Å². The van der Waals surface area contributed by atoms with Crippen molar-refractivity contribution >= 4 is 29.0 Å². The number of ether oxygens (including phenoxy) is 2. The van der Waals surface area contributed by atoms with Crippen molar-refractivity contribution in [2.45, 2.75) is 52.5 Å². The van der Waals surface area contributed by atoms with Crippen LogP contribution in [0.3, 0.4) is 0 Å².